The zero-order chi connectivity index (χ0) is 23.6. The van der Waals surface area contributed by atoms with E-state index in [0.717, 1.165) is 25.7 Å². The van der Waals surface area contributed by atoms with Gasteiger partial charge in [0.25, 0.3) is 5.91 Å². The lowest BCUT2D eigenvalue weighted by atomic mass is 9.51. The van der Waals surface area contributed by atoms with Crippen molar-refractivity contribution in [2.45, 2.75) is 65.1 Å². The molecule has 2 aromatic rings. The van der Waals surface area contributed by atoms with Crippen LogP contribution < -0.4 is 10.6 Å². The van der Waals surface area contributed by atoms with Crippen molar-refractivity contribution < 1.29 is 19.1 Å². The second-order valence-corrected chi connectivity index (χ2v) is 10.1. The quantitative estimate of drug-likeness (QED) is 0.618. The van der Waals surface area contributed by atoms with Gasteiger partial charge in [0.1, 0.15) is 12.1 Å². The molecule has 2 fully saturated rings. The van der Waals surface area contributed by atoms with Crippen LogP contribution >= 0.6 is 0 Å². The second-order valence-electron chi connectivity index (χ2n) is 10.1. The number of carbonyl (C=O) groups excluding carboxylic acids is 2. The molecule has 2 heterocycles. The van der Waals surface area contributed by atoms with Crippen LogP contribution in [0.15, 0.2) is 41.5 Å². The molecule has 2 saturated carbocycles. The SMILES string of the molecule is C[C@H]1[C@@H]2[C@@H](O)C([C@H](C)C(=O)NCc3ccco3)CC[C@@]2(C)CC[C@@H]1NC(=O)c1cncnc1. The molecule has 4 rings (SSSR count). The second kappa shape index (κ2) is 9.63. The third-order valence-electron chi connectivity index (χ3n) is 8.10. The summed E-state index contributed by atoms with van der Waals surface area (Å²) in [5.41, 5.74) is 0.429. The molecule has 178 valence electrons. The van der Waals surface area contributed by atoms with E-state index in [9.17, 15) is 14.7 Å². The van der Waals surface area contributed by atoms with Gasteiger partial charge in [-0.25, -0.2) is 9.97 Å². The monoisotopic (exact) mass is 454 g/mol. The Bertz CT molecular complexity index is 951. The van der Waals surface area contributed by atoms with E-state index in [4.69, 9.17) is 4.42 Å². The Hall–Kier alpha value is -2.74. The Morgan fingerprint density at radius 3 is 2.70 bits per heavy atom. The Morgan fingerprint density at radius 1 is 1.27 bits per heavy atom. The van der Waals surface area contributed by atoms with Crippen LogP contribution in [0.4, 0.5) is 0 Å². The molecule has 0 spiro atoms. The maximum Gasteiger partial charge on any atom is 0.254 e. The van der Waals surface area contributed by atoms with Gasteiger partial charge in [-0.2, -0.15) is 0 Å². The lowest BCUT2D eigenvalue weighted by Crippen LogP contribution is -2.58. The van der Waals surface area contributed by atoms with Gasteiger partial charge in [0, 0.05) is 24.4 Å². The van der Waals surface area contributed by atoms with Gasteiger partial charge in [0.15, 0.2) is 0 Å². The van der Waals surface area contributed by atoms with Crippen LogP contribution in [0.25, 0.3) is 0 Å². The van der Waals surface area contributed by atoms with Gasteiger partial charge in [0.2, 0.25) is 5.91 Å². The summed E-state index contributed by atoms with van der Waals surface area (Å²) in [6.07, 6.45) is 8.97. The lowest BCUT2D eigenvalue weighted by Gasteiger charge is -2.56. The molecular formula is C25H34N4O4. The van der Waals surface area contributed by atoms with E-state index < -0.39 is 6.10 Å². The molecule has 0 aliphatic heterocycles. The van der Waals surface area contributed by atoms with Crippen LogP contribution in [0.3, 0.4) is 0 Å². The number of amides is 2. The predicted octanol–water partition coefficient (Wildman–Crippen LogP) is 2.94. The number of hydrogen-bond acceptors (Lipinski definition) is 6. The molecule has 7 atom stereocenters. The largest absolute Gasteiger partial charge is 0.467 e. The number of carbonyl (C=O) groups is 2. The van der Waals surface area contributed by atoms with Crippen molar-refractivity contribution in [3.8, 4) is 0 Å². The summed E-state index contributed by atoms with van der Waals surface area (Å²) in [6.45, 7) is 6.60. The van der Waals surface area contributed by atoms with Crippen LogP contribution in [0.5, 0.6) is 0 Å². The average Bonchev–Trinajstić information content (AvgIpc) is 3.33. The number of aliphatic hydroxyl groups is 1. The molecule has 0 radical (unpaired) electrons. The molecule has 2 amide bonds. The summed E-state index contributed by atoms with van der Waals surface area (Å²) in [7, 11) is 0. The third kappa shape index (κ3) is 4.81. The fraction of sp³-hybridized carbons (Fsp3) is 0.600. The van der Waals surface area contributed by atoms with Crippen molar-refractivity contribution >= 4 is 11.8 Å². The third-order valence-corrected chi connectivity index (χ3v) is 8.10. The molecule has 2 aliphatic rings. The van der Waals surface area contributed by atoms with E-state index >= 15 is 0 Å². The Balaban J connectivity index is 1.43. The van der Waals surface area contributed by atoms with E-state index in [1.807, 2.05) is 13.0 Å². The van der Waals surface area contributed by atoms with Crippen LogP contribution in [0, 0.1) is 29.1 Å². The zero-order valence-corrected chi connectivity index (χ0v) is 19.5. The van der Waals surface area contributed by atoms with Crippen LogP contribution in [0.1, 0.15) is 62.6 Å². The Morgan fingerprint density at radius 2 is 2.00 bits per heavy atom. The zero-order valence-electron chi connectivity index (χ0n) is 19.5. The van der Waals surface area contributed by atoms with Crippen LogP contribution in [0.2, 0.25) is 0 Å². The van der Waals surface area contributed by atoms with Crippen molar-refractivity contribution in [2.24, 2.45) is 29.1 Å². The number of hydrogen-bond donors (Lipinski definition) is 3. The number of nitrogens with one attached hydrogen (secondary N) is 2. The minimum atomic E-state index is -0.608. The molecule has 8 heteroatoms. The maximum absolute atomic E-state index is 12.8. The molecule has 33 heavy (non-hydrogen) atoms. The maximum atomic E-state index is 12.8. The Kier molecular flexibility index (Phi) is 6.83. The first-order valence-electron chi connectivity index (χ1n) is 11.8. The molecule has 0 saturated heterocycles. The van der Waals surface area contributed by atoms with Crippen molar-refractivity contribution in [1.29, 1.82) is 0 Å². The average molecular weight is 455 g/mol. The van der Waals surface area contributed by atoms with Crippen molar-refractivity contribution in [2.75, 3.05) is 0 Å². The summed E-state index contributed by atoms with van der Waals surface area (Å²) in [5, 5.41) is 17.6. The highest BCUT2D eigenvalue weighted by Crippen LogP contribution is 2.55. The van der Waals surface area contributed by atoms with Gasteiger partial charge in [-0.1, -0.05) is 20.8 Å². The summed E-state index contributed by atoms with van der Waals surface area (Å²) in [5.74, 6) is 0.0778. The summed E-state index contributed by atoms with van der Waals surface area (Å²) < 4.78 is 5.30. The number of aromatic nitrogens is 2. The molecule has 8 nitrogen and oxygen atoms in total. The topological polar surface area (TPSA) is 117 Å². The van der Waals surface area contributed by atoms with Gasteiger partial charge >= 0.3 is 0 Å². The molecule has 3 N–H and O–H groups in total. The number of nitrogens with zero attached hydrogens (tertiary/aromatic N) is 2. The first kappa shape index (κ1) is 23.4. The predicted molar refractivity (Wildman–Crippen MR) is 122 cm³/mol. The molecular weight excluding hydrogens is 420 g/mol. The molecule has 0 bridgehead atoms. The fourth-order valence-corrected chi connectivity index (χ4v) is 6.11. The van der Waals surface area contributed by atoms with Crippen molar-refractivity contribution in [3.05, 3.63) is 48.4 Å². The van der Waals surface area contributed by atoms with E-state index in [-0.39, 0.29) is 46.9 Å². The number of furan rings is 1. The first-order chi connectivity index (χ1) is 15.8. The molecule has 2 aliphatic carbocycles. The van der Waals surface area contributed by atoms with E-state index in [0.29, 0.717) is 17.9 Å². The molecule has 2 aromatic heterocycles. The highest BCUT2D eigenvalue weighted by atomic mass is 16.3. The number of fused-ring (bicyclic) bond motifs is 1. The standard InChI is InChI=1S/C25H34N4O4/c1-15(23(31)28-13-18-5-4-10-33-18)19-6-8-25(3)9-7-20(16(2)21(25)22(19)30)29-24(32)17-11-26-14-27-12-17/h4-5,10-12,14-16,19-22,30H,6-9,13H2,1-3H3,(H,28,31)(H,29,32)/t15-,16+,19?,20-,21+,22-,25-/m0/s1. The summed E-state index contributed by atoms with van der Waals surface area (Å²) in [6, 6.07) is 3.57. The highest BCUT2D eigenvalue weighted by molar-refractivity contribution is 5.93. The van der Waals surface area contributed by atoms with Gasteiger partial charge in [-0.3, -0.25) is 9.59 Å². The summed E-state index contributed by atoms with van der Waals surface area (Å²) >= 11 is 0. The Labute approximate surface area is 194 Å². The van der Waals surface area contributed by atoms with E-state index in [1.54, 1.807) is 12.3 Å². The summed E-state index contributed by atoms with van der Waals surface area (Å²) in [4.78, 5) is 33.4. The fourth-order valence-electron chi connectivity index (χ4n) is 6.11. The first-order valence-corrected chi connectivity index (χ1v) is 11.8. The smallest absolute Gasteiger partial charge is 0.254 e. The van der Waals surface area contributed by atoms with E-state index in [2.05, 4.69) is 34.4 Å². The van der Waals surface area contributed by atoms with Crippen LogP contribution in [-0.2, 0) is 11.3 Å². The number of rotatable bonds is 6. The number of aliphatic hydroxyl groups excluding tert-OH is 1. The lowest BCUT2D eigenvalue weighted by molar-refractivity contribution is -0.142. The normalized spacial score (nSPS) is 32.4. The van der Waals surface area contributed by atoms with Crippen molar-refractivity contribution in [3.63, 3.8) is 0 Å². The van der Waals surface area contributed by atoms with Gasteiger partial charge < -0.3 is 20.2 Å². The van der Waals surface area contributed by atoms with Gasteiger partial charge in [-0.15, -0.1) is 0 Å². The minimum Gasteiger partial charge on any atom is -0.467 e. The molecule has 0 aromatic carbocycles. The molecule has 1 unspecified atom stereocenters. The van der Waals surface area contributed by atoms with Gasteiger partial charge in [0.05, 0.1) is 24.5 Å². The van der Waals surface area contributed by atoms with Crippen molar-refractivity contribution in [1.82, 2.24) is 20.6 Å². The minimum absolute atomic E-state index is 0.00245. The van der Waals surface area contributed by atoms with Gasteiger partial charge in [-0.05, 0) is 61.0 Å². The van der Waals surface area contributed by atoms with E-state index in [1.165, 1.54) is 18.7 Å². The van der Waals surface area contributed by atoms with Crippen LogP contribution in [-0.4, -0.2) is 39.0 Å². The highest BCUT2D eigenvalue weighted by Gasteiger charge is 2.53.